The van der Waals surface area contributed by atoms with E-state index in [0.717, 1.165) is 53.3 Å². The molecule has 0 spiro atoms. The molecule has 1 heterocycles. The van der Waals surface area contributed by atoms with Crippen molar-refractivity contribution < 1.29 is 14.3 Å². The number of allylic oxidation sites excluding steroid dienone is 3. The van der Waals surface area contributed by atoms with Gasteiger partial charge in [0.2, 0.25) is 0 Å². The van der Waals surface area contributed by atoms with Crippen LogP contribution in [-0.4, -0.2) is 31.6 Å². The Hall–Kier alpha value is -2.33. The zero-order chi connectivity index (χ0) is 18.3. The Balaban J connectivity index is 1.69. The smallest absolute Gasteiger partial charge is 0.197 e. The molecule has 1 aromatic carbocycles. The van der Waals surface area contributed by atoms with E-state index in [4.69, 9.17) is 9.47 Å². The zero-order valence-electron chi connectivity index (χ0n) is 15.6. The Kier molecular flexibility index (Phi) is 4.23. The second-order valence-electron chi connectivity index (χ2n) is 7.46. The molecule has 136 valence electrons. The second-order valence-corrected chi connectivity index (χ2v) is 7.46. The minimum atomic E-state index is -0.363. The van der Waals surface area contributed by atoms with Gasteiger partial charge in [-0.05, 0) is 44.2 Å². The van der Waals surface area contributed by atoms with E-state index in [2.05, 4.69) is 32.2 Å². The minimum absolute atomic E-state index is 0.0293. The quantitative estimate of drug-likeness (QED) is 0.822. The van der Waals surface area contributed by atoms with Crippen molar-refractivity contribution in [2.45, 2.75) is 38.7 Å². The van der Waals surface area contributed by atoms with E-state index in [1.807, 2.05) is 30.4 Å². The summed E-state index contributed by atoms with van der Waals surface area (Å²) in [6.45, 7) is 8.66. The van der Waals surface area contributed by atoms with Gasteiger partial charge in [0, 0.05) is 29.5 Å². The van der Waals surface area contributed by atoms with Crippen molar-refractivity contribution in [2.75, 3.05) is 19.7 Å². The predicted molar refractivity (Wildman–Crippen MR) is 102 cm³/mol. The fourth-order valence-electron chi connectivity index (χ4n) is 3.99. The van der Waals surface area contributed by atoms with Crippen LogP contribution in [0, 0.1) is 0 Å². The number of rotatable bonds is 5. The van der Waals surface area contributed by atoms with Crippen LogP contribution in [0.25, 0.3) is 0 Å². The lowest BCUT2D eigenvalue weighted by molar-refractivity contribution is 0.101. The van der Waals surface area contributed by atoms with Crippen molar-refractivity contribution in [1.82, 2.24) is 5.32 Å². The number of Topliss-reactive ketones (excluding diaryl/α,β-unsaturated/α-hetero) is 1. The van der Waals surface area contributed by atoms with E-state index in [1.165, 1.54) is 0 Å². The zero-order valence-corrected chi connectivity index (χ0v) is 15.6. The van der Waals surface area contributed by atoms with Crippen molar-refractivity contribution in [3.05, 3.63) is 64.5 Å². The van der Waals surface area contributed by atoms with Crippen LogP contribution in [0.1, 0.15) is 43.1 Å². The van der Waals surface area contributed by atoms with E-state index in [-0.39, 0.29) is 17.3 Å². The summed E-state index contributed by atoms with van der Waals surface area (Å²) in [6, 6.07) is 5.80. The van der Waals surface area contributed by atoms with Crippen LogP contribution in [0.5, 0.6) is 5.75 Å². The van der Waals surface area contributed by atoms with Gasteiger partial charge in [-0.3, -0.25) is 4.79 Å². The number of hydrogen-bond donors (Lipinski definition) is 1. The highest BCUT2D eigenvalue weighted by molar-refractivity contribution is 6.15. The Bertz CT molecular complexity index is 845. The van der Waals surface area contributed by atoms with Crippen molar-refractivity contribution in [1.29, 1.82) is 0 Å². The van der Waals surface area contributed by atoms with E-state index >= 15 is 0 Å². The highest BCUT2D eigenvalue weighted by atomic mass is 16.5. The molecule has 0 fully saturated rings. The third-order valence-corrected chi connectivity index (χ3v) is 5.39. The molecular formula is C22H25NO3. The highest BCUT2D eigenvalue weighted by Crippen LogP contribution is 2.50. The van der Waals surface area contributed by atoms with Crippen LogP contribution < -0.4 is 10.1 Å². The number of fused-ring (bicyclic) bond motifs is 3. The SMILES string of the molecule is CCNCCOc1ccc2c(c1)C(C)(C)C1=C(C2=O)C2=CC=CCC2O1. The van der Waals surface area contributed by atoms with E-state index in [9.17, 15) is 4.79 Å². The molecule has 1 aliphatic heterocycles. The first-order chi connectivity index (χ1) is 12.5. The van der Waals surface area contributed by atoms with Gasteiger partial charge in [-0.2, -0.15) is 0 Å². The van der Waals surface area contributed by atoms with Gasteiger partial charge < -0.3 is 14.8 Å². The fourth-order valence-corrected chi connectivity index (χ4v) is 3.99. The topological polar surface area (TPSA) is 47.6 Å². The summed E-state index contributed by atoms with van der Waals surface area (Å²) in [4.78, 5) is 13.2. The molecule has 0 bridgehead atoms. The first kappa shape index (κ1) is 17.1. The fraction of sp³-hybridized carbons (Fsp3) is 0.409. The maximum Gasteiger partial charge on any atom is 0.197 e. The number of hydrogen-bond acceptors (Lipinski definition) is 4. The van der Waals surface area contributed by atoms with Gasteiger partial charge in [0.1, 0.15) is 24.2 Å². The Labute approximate surface area is 154 Å². The Morgan fingerprint density at radius 2 is 2.19 bits per heavy atom. The lowest BCUT2D eigenvalue weighted by Crippen LogP contribution is -2.30. The van der Waals surface area contributed by atoms with E-state index in [0.29, 0.717) is 6.61 Å². The third-order valence-electron chi connectivity index (χ3n) is 5.39. The molecule has 1 unspecified atom stereocenters. The largest absolute Gasteiger partial charge is 0.492 e. The number of benzene rings is 1. The summed E-state index contributed by atoms with van der Waals surface area (Å²) in [5, 5.41) is 3.24. The normalized spacial score (nSPS) is 22.3. The summed E-state index contributed by atoms with van der Waals surface area (Å²) < 4.78 is 12.1. The molecule has 4 rings (SSSR count). The molecule has 0 saturated carbocycles. The van der Waals surface area contributed by atoms with Gasteiger partial charge in [-0.1, -0.05) is 25.2 Å². The van der Waals surface area contributed by atoms with Crippen LogP contribution in [0.15, 0.2) is 53.3 Å². The maximum absolute atomic E-state index is 13.2. The number of ketones is 1. The standard InChI is InChI=1S/C22H25NO3/c1-4-23-11-12-25-14-9-10-15-17(13-14)22(2,3)21-19(20(15)24)16-7-5-6-8-18(16)26-21/h5-7,9-10,13,18,23H,4,8,11-12H2,1-3H3. The number of carbonyl (C=O) groups is 1. The van der Waals surface area contributed by atoms with Crippen LogP contribution >= 0.6 is 0 Å². The van der Waals surface area contributed by atoms with Gasteiger partial charge in [0.05, 0.1) is 5.57 Å². The molecule has 4 nitrogen and oxygen atoms in total. The number of carbonyl (C=O) groups excluding carboxylic acids is 1. The highest BCUT2D eigenvalue weighted by Gasteiger charge is 2.47. The Morgan fingerprint density at radius 3 is 3.00 bits per heavy atom. The Morgan fingerprint density at radius 1 is 1.35 bits per heavy atom. The average Bonchev–Trinajstić information content (AvgIpc) is 3.04. The van der Waals surface area contributed by atoms with Crippen molar-refractivity contribution in [3.63, 3.8) is 0 Å². The summed E-state index contributed by atoms with van der Waals surface area (Å²) in [5.41, 5.74) is 3.16. The predicted octanol–water partition coefficient (Wildman–Crippen LogP) is 3.69. The molecule has 26 heavy (non-hydrogen) atoms. The summed E-state index contributed by atoms with van der Waals surface area (Å²) >= 11 is 0. The van der Waals surface area contributed by atoms with Gasteiger partial charge in [0.25, 0.3) is 0 Å². The van der Waals surface area contributed by atoms with Gasteiger partial charge in [-0.25, -0.2) is 0 Å². The van der Waals surface area contributed by atoms with Crippen LogP contribution in [-0.2, 0) is 10.2 Å². The average molecular weight is 351 g/mol. The van der Waals surface area contributed by atoms with Crippen molar-refractivity contribution >= 4 is 5.78 Å². The molecular weight excluding hydrogens is 326 g/mol. The molecule has 3 aliphatic rings. The number of ether oxygens (including phenoxy) is 2. The first-order valence-corrected chi connectivity index (χ1v) is 9.35. The molecule has 1 atom stereocenters. The molecule has 1 aromatic rings. The summed E-state index contributed by atoms with van der Waals surface area (Å²) in [6.07, 6.45) is 6.92. The number of nitrogens with one attached hydrogen (secondary N) is 1. The summed E-state index contributed by atoms with van der Waals surface area (Å²) in [5.74, 6) is 1.67. The van der Waals surface area contributed by atoms with Gasteiger partial charge in [0.15, 0.2) is 5.78 Å². The van der Waals surface area contributed by atoms with Crippen LogP contribution in [0.4, 0.5) is 0 Å². The molecule has 0 radical (unpaired) electrons. The first-order valence-electron chi connectivity index (χ1n) is 9.35. The molecule has 1 N–H and O–H groups in total. The lowest BCUT2D eigenvalue weighted by Gasteiger charge is -2.33. The van der Waals surface area contributed by atoms with Gasteiger partial charge in [-0.15, -0.1) is 0 Å². The summed E-state index contributed by atoms with van der Waals surface area (Å²) in [7, 11) is 0. The van der Waals surface area contributed by atoms with Crippen molar-refractivity contribution in [3.8, 4) is 5.75 Å². The minimum Gasteiger partial charge on any atom is -0.492 e. The van der Waals surface area contributed by atoms with Gasteiger partial charge >= 0.3 is 0 Å². The second kappa shape index (κ2) is 6.44. The lowest BCUT2D eigenvalue weighted by atomic mass is 9.71. The maximum atomic E-state index is 13.2. The third kappa shape index (κ3) is 2.60. The van der Waals surface area contributed by atoms with E-state index < -0.39 is 0 Å². The monoisotopic (exact) mass is 351 g/mol. The molecule has 0 aromatic heterocycles. The van der Waals surface area contributed by atoms with Crippen LogP contribution in [0.3, 0.4) is 0 Å². The number of likely N-dealkylation sites (N-methyl/N-ethyl adjacent to an activating group) is 1. The molecule has 2 aliphatic carbocycles. The molecule has 0 amide bonds. The van der Waals surface area contributed by atoms with E-state index in [1.54, 1.807) is 0 Å². The molecule has 4 heteroatoms. The van der Waals surface area contributed by atoms with Crippen molar-refractivity contribution in [2.24, 2.45) is 0 Å². The molecule has 0 saturated heterocycles. The van der Waals surface area contributed by atoms with Crippen LogP contribution in [0.2, 0.25) is 0 Å².